The van der Waals surface area contributed by atoms with Gasteiger partial charge in [-0.3, -0.25) is 28.6 Å². The molecule has 2 fully saturated rings. The van der Waals surface area contributed by atoms with Gasteiger partial charge in [-0.15, -0.1) is 0 Å². The number of aliphatic hydroxyl groups excluding tert-OH is 1. The van der Waals surface area contributed by atoms with Gasteiger partial charge in [0.05, 0.1) is 6.61 Å². The van der Waals surface area contributed by atoms with Crippen molar-refractivity contribution in [2.45, 2.75) is 43.9 Å². The number of rotatable bonds is 1. The van der Waals surface area contributed by atoms with E-state index in [0.29, 0.717) is 13.0 Å². The van der Waals surface area contributed by atoms with Crippen LogP contribution in [0.3, 0.4) is 0 Å². The number of carbonyl (C=O) groups is 1. The maximum atomic E-state index is 12.9. The van der Waals surface area contributed by atoms with E-state index in [9.17, 15) is 24.2 Å². The van der Waals surface area contributed by atoms with Gasteiger partial charge in [0, 0.05) is 13.0 Å². The molecule has 2 aromatic rings. The van der Waals surface area contributed by atoms with Gasteiger partial charge in [0.25, 0.3) is 13.4 Å². The topological polar surface area (TPSA) is 170 Å². The number of nitrogens with one attached hydrogen (secondary N) is 1. The Kier molecular flexibility index (Phi) is 4.44. The average molecular weight is 491 g/mol. The fourth-order valence-corrected chi connectivity index (χ4v) is 5.18. The van der Waals surface area contributed by atoms with Crippen LogP contribution in [0.25, 0.3) is 11.2 Å². The minimum Gasteiger partial charge on any atom is -0.756 e. The number of hydrogen-bond acceptors (Lipinski definition) is 10. The normalized spacial score (nSPS) is 34.5. The second kappa shape index (κ2) is 6.67. The van der Waals surface area contributed by atoms with Crippen molar-refractivity contribution in [1.29, 1.82) is 0 Å². The van der Waals surface area contributed by atoms with E-state index in [-0.39, 0.29) is 40.8 Å². The van der Waals surface area contributed by atoms with Gasteiger partial charge >= 0.3 is 0 Å². The molecular formula is C14H14BrN5O8P-. The highest BCUT2D eigenvalue weighted by Crippen LogP contribution is 2.50. The molecule has 0 aliphatic carbocycles. The molecule has 0 bridgehead atoms. The lowest BCUT2D eigenvalue weighted by molar-refractivity contribution is -0.245. The van der Waals surface area contributed by atoms with Crippen LogP contribution in [0.4, 0.5) is 5.95 Å². The minimum atomic E-state index is -4.54. The van der Waals surface area contributed by atoms with Crippen LogP contribution in [-0.2, 0) is 29.7 Å². The number of phosphoric ester groups is 1. The number of nitrogens with zero attached hydrogens (tertiary/aromatic N) is 4. The van der Waals surface area contributed by atoms with Gasteiger partial charge in [0.2, 0.25) is 11.9 Å². The Morgan fingerprint density at radius 3 is 2.93 bits per heavy atom. The van der Waals surface area contributed by atoms with E-state index in [1.54, 1.807) is 0 Å². The highest BCUT2D eigenvalue weighted by molar-refractivity contribution is 9.10. The smallest absolute Gasteiger partial charge is 0.283 e. The zero-order chi connectivity index (χ0) is 20.5. The quantitative estimate of drug-likeness (QED) is 0.382. The zero-order valence-corrected chi connectivity index (χ0v) is 17.0. The van der Waals surface area contributed by atoms with Crippen molar-refractivity contribution in [3.63, 3.8) is 0 Å². The van der Waals surface area contributed by atoms with E-state index in [1.165, 1.54) is 9.13 Å². The average Bonchev–Trinajstić information content (AvgIpc) is 3.05. The van der Waals surface area contributed by atoms with Crippen LogP contribution in [0.15, 0.2) is 9.53 Å². The second-order valence-corrected chi connectivity index (χ2v) is 8.91. The highest BCUT2D eigenvalue weighted by atomic mass is 79.9. The van der Waals surface area contributed by atoms with Crippen LogP contribution in [0, 0.1) is 0 Å². The molecule has 5 rings (SSSR count). The lowest BCUT2D eigenvalue weighted by Crippen LogP contribution is -2.41. The van der Waals surface area contributed by atoms with Gasteiger partial charge in [0.15, 0.2) is 22.1 Å². The number of halogens is 1. The summed E-state index contributed by atoms with van der Waals surface area (Å²) in [6.45, 7) is -0.0121. The molecule has 3 unspecified atom stereocenters. The first-order chi connectivity index (χ1) is 13.7. The molecule has 5 heterocycles. The maximum absolute atomic E-state index is 12.9. The van der Waals surface area contributed by atoms with E-state index >= 15 is 0 Å². The summed E-state index contributed by atoms with van der Waals surface area (Å²) in [5, 5.41) is 13.2. The van der Waals surface area contributed by atoms with E-state index in [1.807, 2.05) is 0 Å². The first kappa shape index (κ1) is 19.3. The Labute approximate surface area is 170 Å². The molecule has 15 heteroatoms. The van der Waals surface area contributed by atoms with Crippen molar-refractivity contribution >= 4 is 46.8 Å². The van der Waals surface area contributed by atoms with E-state index < -0.39 is 37.9 Å². The minimum absolute atomic E-state index is 0.00844. The predicted molar refractivity (Wildman–Crippen MR) is 95.7 cm³/mol. The fourth-order valence-electron chi connectivity index (χ4n) is 3.69. The first-order valence-corrected chi connectivity index (χ1v) is 11.0. The molecule has 13 nitrogen and oxygen atoms in total. The van der Waals surface area contributed by atoms with Crippen LogP contribution in [-0.4, -0.2) is 55.0 Å². The van der Waals surface area contributed by atoms with Gasteiger partial charge < -0.3 is 23.8 Å². The monoisotopic (exact) mass is 490 g/mol. The van der Waals surface area contributed by atoms with Crippen LogP contribution in [0.5, 0.6) is 0 Å². The summed E-state index contributed by atoms with van der Waals surface area (Å²) in [5.41, 5.74) is -0.390. The largest absolute Gasteiger partial charge is 0.756 e. The molecule has 3 aliphatic heterocycles. The van der Waals surface area contributed by atoms with Gasteiger partial charge in [0.1, 0.15) is 18.3 Å². The SMILES string of the molecule is O=C1CCCn2c(nc3c(nc(Br)n3[C@@H]3OC4COP(=O)([O-])O[C@H]4C3O)c2=O)N1. The third kappa shape index (κ3) is 3.06. The molecule has 5 atom stereocenters. The fraction of sp³-hybridized carbons (Fsp3) is 0.571. The molecule has 2 N–H and O–H groups in total. The number of carbonyl (C=O) groups excluding carboxylic acids is 1. The Balaban J connectivity index is 1.62. The molecular weight excluding hydrogens is 477 g/mol. The van der Waals surface area contributed by atoms with E-state index in [2.05, 4.69) is 35.7 Å². The molecule has 0 aromatic carbocycles. The molecule has 0 radical (unpaired) electrons. The summed E-state index contributed by atoms with van der Waals surface area (Å²) in [7, 11) is -4.54. The molecule has 1 amide bonds. The van der Waals surface area contributed by atoms with Crippen LogP contribution >= 0.6 is 23.8 Å². The van der Waals surface area contributed by atoms with Gasteiger partial charge in [-0.05, 0) is 22.4 Å². The number of phosphoric acid groups is 1. The first-order valence-electron chi connectivity index (χ1n) is 8.71. The van der Waals surface area contributed by atoms with Crippen molar-refractivity contribution in [2.75, 3.05) is 11.9 Å². The third-order valence-corrected chi connectivity index (χ3v) is 6.53. The van der Waals surface area contributed by atoms with Crippen LogP contribution in [0.2, 0.25) is 0 Å². The molecule has 3 aliphatic rings. The molecule has 0 saturated carbocycles. The van der Waals surface area contributed by atoms with Crippen molar-refractivity contribution in [3.05, 3.63) is 15.1 Å². The standard InChI is InChI=1S/C14H15BrN5O8P/c15-13-17-7-10(18-14-16-6(21)2-1-3-19(14)11(7)23)20(13)12-8(22)9-5(27-12)4-26-29(24,25)28-9/h5,8-9,12,22H,1-4H2,(H,24,25)(H,16,18,21)/p-1/t5?,8?,9-,12-/m1/s1. The number of amides is 1. The van der Waals surface area contributed by atoms with Crippen molar-refractivity contribution in [3.8, 4) is 0 Å². The molecule has 29 heavy (non-hydrogen) atoms. The van der Waals surface area contributed by atoms with E-state index in [0.717, 1.165) is 0 Å². The predicted octanol–water partition coefficient (Wildman–Crippen LogP) is -0.770. The lowest BCUT2D eigenvalue weighted by Gasteiger charge is -2.34. The highest BCUT2D eigenvalue weighted by Gasteiger charge is 2.51. The van der Waals surface area contributed by atoms with Crippen LogP contribution in [0.1, 0.15) is 19.1 Å². The number of imidazole rings is 1. The third-order valence-electron chi connectivity index (χ3n) is 5.01. The molecule has 156 valence electrons. The van der Waals surface area contributed by atoms with Crippen molar-refractivity contribution in [1.82, 2.24) is 19.1 Å². The summed E-state index contributed by atoms with van der Waals surface area (Å²) in [4.78, 5) is 44.9. The summed E-state index contributed by atoms with van der Waals surface area (Å²) in [6.07, 6.45) is -3.85. The Morgan fingerprint density at radius 2 is 2.14 bits per heavy atom. The van der Waals surface area contributed by atoms with Gasteiger partial charge in [-0.1, -0.05) is 0 Å². The molecule has 2 aromatic heterocycles. The number of aromatic nitrogens is 4. The van der Waals surface area contributed by atoms with Gasteiger partial charge in [-0.25, -0.2) is 4.98 Å². The summed E-state index contributed by atoms with van der Waals surface area (Å²) >= 11 is 3.24. The number of anilines is 1. The Morgan fingerprint density at radius 1 is 1.34 bits per heavy atom. The van der Waals surface area contributed by atoms with Crippen LogP contribution < -0.4 is 15.8 Å². The summed E-state index contributed by atoms with van der Waals surface area (Å²) in [6, 6.07) is 0. The second-order valence-electron chi connectivity index (χ2n) is 6.84. The van der Waals surface area contributed by atoms with Crippen molar-refractivity contribution < 1.29 is 33.1 Å². The van der Waals surface area contributed by atoms with Crippen molar-refractivity contribution in [2.24, 2.45) is 0 Å². The van der Waals surface area contributed by atoms with Gasteiger partial charge in [-0.2, -0.15) is 4.98 Å². The molecule has 0 spiro atoms. The number of hydrogen-bond donors (Lipinski definition) is 2. The maximum Gasteiger partial charge on any atom is 0.283 e. The number of ether oxygens (including phenoxy) is 1. The lowest BCUT2D eigenvalue weighted by atomic mass is 10.1. The summed E-state index contributed by atoms with van der Waals surface area (Å²) < 4.78 is 29.5. The summed E-state index contributed by atoms with van der Waals surface area (Å²) in [5.74, 6) is -0.209. The zero-order valence-electron chi connectivity index (χ0n) is 14.6. The number of fused-ring (bicyclic) bond motifs is 3. The Hall–Kier alpha value is -1.67. The number of aliphatic hydroxyl groups is 1. The van der Waals surface area contributed by atoms with E-state index in [4.69, 9.17) is 9.26 Å². The molecule has 2 saturated heterocycles. The Bertz CT molecular complexity index is 1130.